The van der Waals surface area contributed by atoms with Gasteiger partial charge in [-0.3, -0.25) is 9.59 Å². The lowest BCUT2D eigenvalue weighted by molar-refractivity contribution is -0.162. The predicted molar refractivity (Wildman–Crippen MR) is 122 cm³/mol. The van der Waals surface area contributed by atoms with Gasteiger partial charge in [0.15, 0.2) is 0 Å². The third-order valence-electron chi connectivity index (χ3n) is 5.40. The van der Waals surface area contributed by atoms with Crippen molar-refractivity contribution in [1.82, 2.24) is 4.90 Å². The second-order valence-corrected chi connectivity index (χ2v) is 8.35. The predicted octanol–water partition coefficient (Wildman–Crippen LogP) is 3.47. The summed E-state index contributed by atoms with van der Waals surface area (Å²) in [5.41, 5.74) is 2.42. The van der Waals surface area contributed by atoms with E-state index in [1.54, 1.807) is 30.2 Å². The van der Waals surface area contributed by atoms with Crippen LogP contribution in [0.3, 0.4) is 0 Å². The molecule has 2 aromatic carbocycles. The van der Waals surface area contributed by atoms with E-state index in [4.69, 9.17) is 9.47 Å². The van der Waals surface area contributed by atoms with Crippen LogP contribution in [-0.2, 0) is 16.1 Å². The van der Waals surface area contributed by atoms with E-state index in [1.807, 2.05) is 47.8 Å². The minimum atomic E-state index is -0.523. The van der Waals surface area contributed by atoms with Gasteiger partial charge in [0.25, 0.3) is 5.91 Å². The number of nitrogens with zero attached hydrogens (tertiary/aromatic N) is 1. The van der Waals surface area contributed by atoms with Crippen LogP contribution in [0.4, 0.5) is 5.69 Å². The van der Waals surface area contributed by atoms with Crippen molar-refractivity contribution >= 4 is 28.8 Å². The third kappa shape index (κ3) is 4.83. The molecule has 2 heterocycles. The number of hydrogen-bond acceptors (Lipinski definition) is 6. The van der Waals surface area contributed by atoms with Crippen LogP contribution in [0, 0.1) is 0 Å². The molecule has 4 rings (SSSR count). The number of amides is 2. The first-order chi connectivity index (χ1) is 15.6. The highest BCUT2D eigenvalue weighted by atomic mass is 32.1. The first-order valence-corrected chi connectivity index (χ1v) is 11.1. The van der Waals surface area contributed by atoms with Gasteiger partial charge in [0, 0.05) is 12.2 Å². The number of benzene rings is 2. The molecule has 0 spiro atoms. The van der Waals surface area contributed by atoms with Crippen LogP contribution in [0.1, 0.15) is 26.9 Å². The fourth-order valence-electron chi connectivity index (χ4n) is 3.71. The Bertz CT molecular complexity index is 1050. The molecule has 3 aromatic rings. The van der Waals surface area contributed by atoms with Crippen molar-refractivity contribution in [2.45, 2.75) is 18.7 Å². The number of morpholine rings is 1. The van der Waals surface area contributed by atoms with E-state index in [9.17, 15) is 14.7 Å². The van der Waals surface area contributed by atoms with E-state index in [2.05, 4.69) is 5.32 Å². The summed E-state index contributed by atoms with van der Waals surface area (Å²) >= 11 is 1.38. The number of anilines is 1. The van der Waals surface area contributed by atoms with Gasteiger partial charge in [0.2, 0.25) is 5.91 Å². The number of thiophene rings is 1. The Morgan fingerprint density at radius 2 is 1.94 bits per heavy atom. The van der Waals surface area contributed by atoms with Crippen molar-refractivity contribution in [2.75, 3.05) is 25.6 Å². The lowest BCUT2D eigenvalue weighted by atomic mass is 9.98. The summed E-state index contributed by atoms with van der Waals surface area (Å²) in [7, 11) is 1.60. The van der Waals surface area contributed by atoms with Gasteiger partial charge in [-0.2, -0.15) is 0 Å². The summed E-state index contributed by atoms with van der Waals surface area (Å²) in [5, 5.41) is 14.8. The number of carbonyl (C=O) groups excluding carboxylic acids is 2. The molecule has 1 fully saturated rings. The quantitative estimate of drug-likeness (QED) is 0.573. The number of nitrogens with one attached hydrogen (secondary N) is 1. The van der Waals surface area contributed by atoms with Crippen LogP contribution < -0.4 is 10.1 Å². The van der Waals surface area contributed by atoms with E-state index in [0.717, 1.165) is 16.9 Å². The number of rotatable bonds is 7. The van der Waals surface area contributed by atoms with E-state index >= 15 is 0 Å². The summed E-state index contributed by atoms with van der Waals surface area (Å²) in [6, 6.07) is 17.8. The number of ether oxygens (including phenoxy) is 2. The van der Waals surface area contributed by atoms with Crippen LogP contribution in [0.25, 0.3) is 0 Å². The highest BCUT2D eigenvalue weighted by molar-refractivity contribution is 7.12. The number of carbonyl (C=O) groups is 2. The molecule has 1 aromatic heterocycles. The van der Waals surface area contributed by atoms with Gasteiger partial charge in [-0.1, -0.05) is 30.3 Å². The third-order valence-corrected chi connectivity index (χ3v) is 6.27. The number of methoxy groups -OCH3 is 1. The van der Waals surface area contributed by atoms with Gasteiger partial charge < -0.3 is 24.8 Å². The minimum Gasteiger partial charge on any atom is -0.497 e. The van der Waals surface area contributed by atoms with Gasteiger partial charge in [0.05, 0.1) is 24.6 Å². The highest BCUT2D eigenvalue weighted by Gasteiger charge is 2.37. The zero-order valence-electron chi connectivity index (χ0n) is 17.6. The molecule has 7 nitrogen and oxygen atoms in total. The summed E-state index contributed by atoms with van der Waals surface area (Å²) in [4.78, 5) is 27.1. The average molecular weight is 453 g/mol. The van der Waals surface area contributed by atoms with E-state index in [0.29, 0.717) is 17.1 Å². The first-order valence-electron chi connectivity index (χ1n) is 10.2. The van der Waals surface area contributed by atoms with Gasteiger partial charge in [-0.25, -0.2) is 0 Å². The number of aliphatic hydroxyl groups is 1. The largest absolute Gasteiger partial charge is 0.497 e. The number of hydrogen-bond donors (Lipinski definition) is 2. The summed E-state index contributed by atoms with van der Waals surface area (Å²) in [6.07, 6.45) is -0.474. The van der Waals surface area contributed by atoms with E-state index in [1.165, 1.54) is 11.3 Å². The van der Waals surface area contributed by atoms with Gasteiger partial charge >= 0.3 is 0 Å². The SMILES string of the molecule is COc1ccc(CN2C(=O)CO[C@H](c3ccc(NC(=O)c4cccs4)cc3)[C@H]2CO)cc1. The molecular weight excluding hydrogens is 428 g/mol. The van der Waals surface area contributed by atoms with E-state index < -0.39 is 12.1 Å². The standard InChI is InChI=1S/C24H24N2O5S/c1-30-19-10-4-16(5-11-19)13-26-20(14-27)23(31-15-22(26)28)17-6-8-18(9-7-17)25-24(29)21-3-2-12-32-21/h2-12,20,23,27H,13-15H2,1H3,(H,25,29)/t20-,23-/m1/s1. The molecule has 2 amide bonds. The van der Waals surface area contributed by atoms with Crippen molar-refractivity contribution in [3.8, 4) is 5.75 Å². The van der Waals surface area contributed by atoms with Crippen molar-refractivity contribution in [3.63, 3.8) is 0 Å². The normalized spacial score (nSPS) is 18.4. The Morgan fingerprint density at radius 1 is 1.19 bits per heavy atom. The summed E-state index contributed by atoms with van der Waals surface area (Å²) in [6.45, 7) is 0.0699. The Labute approximate surface area is 190 Å². The van der Waals surface area contributed by atoms with Crippen LogP contribution in [0.5, 0.6) is 5.75 Å². The van der Waals surface area contributed by atoms with Crippen LogP contribution in [0.15, 0.2) is 66.0 Å². The molecule has 1 aliphatic heterocycles. The van der Waals surface area contributed by atoms with Crippen LogP contribution in [-0.4, -0.2) is 48.2 Å². The van der Waals surface area contributed by atoms with Crippen molar-refractivity contribution in [1.29, 1.82) is 0 Å². The molecule has 1 aliphatic rings. The zero-order chi connectivity index (χ0) is 22.5. The molecule has 0 saturated carbocycles. The molecule has 0 unspecified atom stereocenters. The second kappa shape index (κ2) is 9.95. The minimum absolute atomic E-state index is 0.0613. The molecule has 0 radical (unpaired) electrons. The van der Waals surface area contributed by atoms with Crippen molar-refractivity contribution in [3.05, 3.63) is 82.0 Å². The molecule has 8 heteroatoms. The second-order valence-electron chi connectivity index (χ2n) is 7.40. The Morgan fingerprint density at radius 3 is 2.56 bits per heavy atom. The highest BCUT2D eigenvalue weighted by Crippen LogP contribution is 2.31. The molecule has 166 valence electrons. The Balaban J connectivity index is 1.48. The fourth-order valence-corrected chi connectivity index (χ4v) is 4.32. The van der Waals surface area contributed by atoms with Gasteiger partial charge in [0.1, 0.15) is 18.5 Å². The lowest BCUT2D eigenvalue weighted by Crippen LogP contribution is -2.52. The van der Waals surface area contributed by atoms with Crippen LogP contribution in [0.2, 0.25) is 0 Å². The molecule has 2 atom stereocenters. The molecule has 1 saturated heterocycles. The monoisotopic (exact) mass is 452 g/mol. The first kappa shape index (κ1) is 22.0. The van der Waals surface area contributed by atoms with Crippen LogP contribution >= 0.6 is 11.3 Å². The fraction of sp³-hybridized carbons (Fsp3) is 0.250. The zero-order valence-corrected chi connectivity index (χ0v) is 18.4. The van der Waals surface area contributed by atoms with Gasteiger partial charge in [-0.15, -0.1) is 11.3 Å². The molecule has 32 heavy (non-hydrogen) atoms. The lowest BCUT2D eigenvalue weighted by Gasteiger charge is -2.40. The average Bonchev–Trinajstić information content (AvgIpc) is 3.37. The van der Waals surface area contributed by atoms with Crippen molar-refractivity contribution in [2.24, 2.45) is 0 Å². The van der Waals surface area contributed by atoms with Crippen molar-refractivity contribution < 1.29 is 24.2 Å². The Kier molecular flexibility index (Phi) is 6.84. The maximum absolute atomic E-state index is 12.6. The topological polar surface area (TPSA) is 88.1 Å². The Hall–Kier alpha value is -3.20. The van der Waals surface area contributed by atoms with E-state index in [-0.39, 0.29) is 25.0 Å². The molecule has 0 bridgehead atoms. The smallest absolute Gasteiger partial charge is 0.265 e. The molecular formula is C24H24N2O5S. The molecule has 2 N–H and O–H groups in total. The summed E-state index contributed by atoms with van der Waals surface area (Å²) < 4.78 is 11.0. The van der Waals surface area contributed by atoms with Gasteiger partial charge in [-0.05, 0) is 46.8 Å². The summed E-state index contributed by atoms with van der Waals surface area (Å²) in [5.74, 6) is 0.409. The number of aliphatic hydroxyl groups excluding tert-OH is 1. The molecule has 0 aliphatic carbocycles. The maximum atomic E-state index is 12.6. The maximum Gasteiger partial charge on any atom is 0.265 e.